The zero-order valence-electron chi connectivity index (χ0n) is 13.7. The van der Waals surface area contributed by atoms with E-state index in [1.54, 1.807) is 6.07 Å². The van der Waals surface area contributed by atoms with Gasteiger partial charge >= 0.3 is 0 Å². The lowest BCUT2D eigenvalue weighted by Crippen LogP contribution is -2.31. The summed E-state index contributed by atoms with van der Waals surface area (Å²) in [6, 6.07) is 15.0. The minimum absolute atomic E-state index is 0.147. The Morgan fingerprint density at radius 1 is 1.00 bits per heavy atom. The van der Waals surface area contributed by atoms with Gasteiger partial charge in [-0.15, -0.1) is 0 Å². The van der Waals surface area contributed by atoms with Crippen LogP contribution in [-0.2, 0) is 16.1 Å². The predicted molar refractivity (Wildman–Crippen MR) is 91.9 cm³/mol. The standard InChI is InChI=1S/C19H21FN2O3/c20-16-8-4-7-15(11-16)17(23)12-19(25)21-10-9-18(24)22-13-14-5-2-1-3-6-14/h1-8,11,17,23H,9-10,12-13H2,(H,21,25)(H,22,24). The predicted octanol–water partition coefficient (Wildman–Crippen LogP) is 2.07. The summed E-state index contributed by atoms with van der Waals surface area (Å²) in [5.41, 5.74) is 1.34. The van der Waals surface area contributed by atoms with Gasteiger partial charge in [-0.25, -0.2) is 4.39 Å². The molecule has 0 aromatic heterocycles. The van der Waals surface area contributed by atoms with E-state index in [4.69, 9.17) is 0 Å². The van der Waals surface area contributed by atoms with Gasteiger partial charge in [-0.3, -0.25) is 9.59 Å². The van der Waals surface area contributed by atoms with Gasteiger partial charge in [-0.2, -0.15) is 0 Å². The van der Waals surface area contributed by atoms with Crippen molar-refractivity contribution in [3.05, 3.63) is 71.5 Å². The Balaban J connectivity index is 1.65. The number of aliphatic hydroxyl groups excluding tert-OH is 1. The van der Waals surface area contributed by atoms with E-state index in [0.717, 1.165) is 5.56 Å². The summed E-state index contributed by atoms with van der Waals surface area (Å²) in [6.45, 7) is 0.612. The Kier molecular flexibility index (Phi) is 7.10. The Morgan fingerprint density at radius 3 is 2.48 bits per heavy atom. The number of carbonyl (C=O) groups excluding carboxylic acids is 2. The van der Waals surface area contributed by atoms with Gasteiger partial charge in [0.05, 0.1) is 12.5 Å². The molecule has 0 spiro atoms. The molecule has 6 heteroatoms. The quantitative estimate of drug-likeness (QED) is 0.686. The molecule has 1 unspecified atom stereocenters. The minimum Gasteiger partial charge on any atom is -0.388 e. The summed E-state index contributed by atoms with van der Waals surface area (Å²) < 4.78 is 13.1. The lowest BCUT2D eigenvalue weighted by molar-refractivity contribution is -0.123. The number of benzene rings is 2. The summed E-state index contributed by atoms with van der Waals surface area (Å²) in [7, 11) is 0. The van der Waals surface area contributed by atoms with E-state index in [0.29, 0.717) is 12.1 Å². The molecule has 0 fully saturated rings. The van der Waals surface area contributed by atoms with Crippen molar-refractivity contribution in [1.82, 2.24) is 10.6 Å². The van der Waals surface area contributed by atoms with Crippen LogP contribution in [0.2, 0.25) is 0 Å². The van der Waals surface area contributed by atoms with Crippen LogP contribution in [0.15, 0.2) is 54.6 Å². The van der Waals surface area contributed by atoms with Crippen molar-refractivity contribution in [3.8, 4) is 0 Å². The van der Waals surface area contributed by atoms with Crippen molar-refractivity contribution in [2.75, 3.05) is 6.54 Å². The average Bonchev–Trinajstić information content (AvgIpc) is 2.61. The number of hydrogen-bond acceptors (Lipinski definition) is 3. The molecule has 2 amide bonds. The second-order valence-corrected chi connectivity index (χ2v) is 5.64. The molecule has 0 aliphatic heterocycles. The summed E-state index contributed by atoms with van der Waals surface area (Å²) >= 11 is 0. The van der Waals surface area contributed by atoms with Crippen molar-refractivity contribution in [2.45, 2.75) is 25.5 Å². The highest BCUT2D eigenvalue weighted by atomic mass is 19.1. The molecular formula is C19H21FN2O3. The molecule has 2 aromatic rings. The number of rotatable bonds is 8. The van der Waals surface area contributed by atoms with E-state index >= 15 is 0 Å². The van der Waals surface area contributed by atoms with E-state index in [-0.39, 0.29) is 25.3 Å². The third-order valence-corrected chi connectivity index (χ3v) is 3.62. The van der Waals surface area contributed by atoms with Crippen LogP contribution < -0.4 is 10.6 Å². The second kappa shape index (κ2) is 9.54. The molecule has 0 saturated carbocycles. The Hall–Kier alpha value is -2.73. The van der Waals surface area contributed by atoms with Crippen LogP contribution in [-0.4, -0.2) is 23.5 Å². The van der Waals surface area contributed by atoms with Gasteiger partial charge in [0, 0.05) is 19.5 Å². The maximum absolute atomic E-state index is 13.1. The first-order valence-electron chi connectivity index (χ1n) is 8.05. The molecule has 132 valence electrons. The SMILES string of the molecule is O=C(CCNC(=O)CC(O)c1cccc(F)c1)NCc1ccccc1. The zero-order valence-corrected chi connectivity index (χ0v) is 13.7. The molecular weight excluding hydrogens is 323 g/mol. The number of amides is 2. The Bertz CT molecular complexity index is 707. The number of hydrogen-bond donors (Lipinski definition) is 3. The van der Waals surface area contributed by atoms with E-state index in [1.165, 1.54) is 18.2 Å². The third-order valence-electron chi connectivity index (χ3n) is 3.62. The normalized spacial score (nSPS) is 11.6. The van der Waals surface area contributed by atoms with E-state index in [9.17, 15) is 19.1 Å². The number of nitrogens with one attached hydrogen (secondary N) is 2. The van der Waals surface area contributed by atoms with Crippen LogP contribution >= 0.6 is 0 Å². The fourth-order valence-electron chi connectivity index (χ4n) is 2.28. The number of carbonyl (C=O) groups is 2. The highest BCUT2D eigenvalue weighted by Gasteiger charge is 2.13. The minimum atomic E-state index is -1.08. The third kappa shape index (κ3) is 6.73. The van der Waals surface area contributed by atoms with E-state index < -0.39 is 17.8 Å². The molecule has 0 aliphatic rings. The monoisotopic (exact) mass is 344 g/mol. The Morgan fingerprint density at radius 2 is 1.76 bits per heavy atom. The molecule has 0 aliphatic carbocycles. The van der Waals surface area contributed by atoms with Crippen LogP contribution in [0, 0.1) is 5.82 Å². The molecule has 2 aromatic carbocycles. The van der Waals surface area contributed by atoms with E-state index in [1.807, 2.05) is 30.3 Å². The molecule has 5 nitrogen and oxygen atoms in total. The number of halogens is 1. The van der Waals surface area contributed by atoms with Gasteiger partial charge in [0.15, 0.2) is 0 Å². The van der Waals surface area contributed by atoms with Crippen LogP contribution in [0.25, 0.3) is 0 Å². The van der Waals surface area contributed by atoms with Gasteiger partial charge in [-0.05, 0) is 23.3 Å². The summed E-state index contributed by atoms with van der Waals surface area (Å²) in [4.78, 5) is 23.5. The average molecular weight is 344 g/mol. The topological polar surface area (TPSA) is 78.4 Å². The van der Waals surface area contributed by atoms with Crippen molar-refractivity contribution < 1.29 is 19.1 Å². The summed E-state index contributed by atoms with van der Waals surface area (Å²) in [6.07, 6.45) is -1.12. The second-order valence-electron chi connectivity index (χ2n) is 5.64. The molecule has 3 N–H and O–H groups in total. The van der Waals surface area contributed by atoms with Gasteiger partial charge in [0.25, 0.3) is 0 Å². The van der Waals surface area contributed by atoms with Gasteiger partial charge < -0.3 is 15.7 Å². The lowest BCUT2D eigenvalue weighted by atomic mass is 10.1. The van der Waals surface area contributed by atoms with Gasteiger partial charge in [-0.1, -0.05) is 42.5 Å². The largest absolute Gasteiger partial charge is 0.388 e. The molecule has 0 saturated heterocycles. The van der Waals surface area contributed by atoms with E-state index in [2.05, 4.69) is 10.6 Å². The fraction of sp³-hybridized carbons (Fsp3) is 0.263. The van der Waals surface area contributed by atoms with Gasteiger partial charge in [0.1, 0.15) is 5.82 Å². The maximum Gasteiger partial charge on any atom is 0.222 e. The number of aliphatic hydroxyl groups is 1. The van der Waals surface area contributed by atoms with Crippen LogP contribution in [0.3, 0.4) is 0 Å². The lowest BCUT2D eigenvalue weighted by Gasteiger charge is -2.11. The Labute approximate surface area is 145 Å². The van der Waals surface area contributed by atoms with Crippen LogP contribution in [0.5, 0.6) is 0 Å². The molecule has 0 radical (unpaired) electrons. The first kappa shape index (κ1) is 18.6. The summed E-state index contributed by atoms with van der Waals surface area (Å²) in [5.74, 6) is -1.03. The molecule has 2 rings (SSSR count). The highest BCUT2D eigenvalue weighted by Crippen LogP contribution is 2.17. The highest BCUT2D eigenvalue weighted by molar-refractivity contribution is 5.79. The van der Waals surface area contributed by atoms with Crippen molar-refractivity contribution in [1.29, 1.82) is 0 Å². The smallest absolute Gasteiger partial charge is 0.222 e. The summed E-state index contributed by atoms with van der Waals surface area (Å²) in [5, 5.41) is 15.3. The molecule has 0 bridgehead atoms. The fourth-order valence-corrected chi connectivity index (χ4v) is 2.28. The first-order chi connectivity index (χ1) is 12.0. The van der Waals surface area contributed by atoms with Crippen LogP contribution in [0.1, 0.15) is 30.1 Å². The molecule has 25 heavy (non-hydrogen) atoms. The molecule has 1 atom stereocenters. The van der Waals surface area contributed by atoms with Crippen LogP contribution in [0.4, 0.5) is 4.39 Å². The maximum atomic E-state index is 13.1. The van der Waals surface area contributed by atoms with Crippen molar-refractivity contribution in [2.24, 2.45) is 0 Å². The zero-order chi connectivity index (χ0) is 18.1. The molecule has 0 heterocycles. The van der Waals surface area contributed by atoms with Gasteiger partial charge in [0.2, 0.25) is 11.8 Å². The van der Waals surface area contributed by atoms with Crippen molar-refractivity contribution in [3.63, 3.8) is 0 Å². The van der Waals surface area contributed by atoms with Crippen molar-refractivity contribution >= 4 is 11.8 Å². The first-order valence-corrected chi connectivity index (χ1v) is 8.05.